The van der Waals surface area contributed by atoms with E-state index in [2.05, 4.69) is 20.3 Å². The van der Waals surface area contributed by atoms with Crippen LogP contribution in [0.5, 0.6) is 0 Å². The number of pyridine rings is 1. The molecular formula is C19H12N6O2S. The molecule has 0 atom stereocenters. The first kappa shape index (κ1) is 16.3. The van der Waals surface area contributed by atoms with E-state index in [4.69, 9.17) is 0 Å². The molecule has 5 aromatic rings. The van der Waals surface area contributed by atoms with Gasteiger partial charge >= 0.3 is 0 Å². The van der Waals surface area contributed by atoms with Gasteiger partial charge in [-0.15, -0.1) is 0 Å². The smallest absolute Gasteiger partial charge is 0.276 e. The predicted octanol–water partition coefficient (Wildman–Crippen LogP) is 2.74. The summed E-state index contributed by atoms with van der Waals surface area (Å²) in [5.74, 6) is -0.388. The van der Waals surface area contributed by atoms with Gasteiger partial charge in [0.15, 0.2) is 10.8 Å². The highest BCUT2D eigenvalue weighted by Crippen LogP contribution is 2.26. The fourth-order valence-corrected chi connectivity index (χ4v) is 3.86. The molecule has 1 N–H and O–H groups in total. The first-order valence-electron chi connectivity index (χ1n) is 8.38. The topological polar surface area (TPSA) is 94.2 Å². The fraction of sp³-hybridized carbons (Fsp3) is 0. The Bertz CT molecular complexity index is 1350. The zero-order valence-corrected chi connectivity index (χ0v) is 15.1. The Kier molecular flexibility index (Phi) is 3.73. The van der Waals surface area contributed by atoms with E-state index < -0.39 is 0 Å². The second-order valence-corrected chi connectivity index (χ2v) is 6.97. The van der Waals surface area contributed by atoms with Gasteiger partial charge in [0.25, 0.3) is 11.5 Å². The van der Waals surface area contributed by atoms with E-state index in [9.17, 15) is 9.59 Å². The maximum absolute atomic E-state index is 13.0. The lowest BCUT2D eigenvalue weighted by Crippen LogP contribution is -2.23. The maximum Gasteiger partial charge on any atom is 0.276 e. The van der Waals surface area contributed by atoms with Crippen molar-refractivity contribution in [3.63, 3.8) is 0 Å². The van der Waals surface area contributed by atoms with Gasteiger partial charge in [-0.1, -0.05) is 23.5 Å². The standard InChI is InChI=1S/C19H12N6O2S/c26-17-7-10-21-16-11-14(24(25(16)17)12-5-8-20-9-6-12)18(27)23-19-22-13-3-1-2-4-15(13)28-19/h1-11H,(H,22,23,27). The SMILES string of the molecule is O=C(Nc1nc2ccccc2s1)c1cc2nccc(=O)n2n1-c1ccncc1. The summed E-state index contributed by atoms with van der Waals surface area (Å²) in [6.45, 7) is 0. The molecule has 4 aromatic heterocycles. The van der Waals surface area contributed by atoms with Crippen LogP contribution in [0.3, 0.4) is 0 Å². The third kappa shape index (κ3) is 2.65. The van der Waals surface area contributed by atoms with Crippen molar-refractivity contribution >= 4 is 38.2 Å². The average Bonchev–Trinajstić information content (AvgIpc) is 3.30. The number of hydrogen-bond acceptors (Lipinski definition) is 6. The highest BCUT2D eigenvalue weighted by molar-refractivity contribution is 7.22. The molecule has 1 amide bonds. The van der Waals surface area contributed by atoms with Crippen molar-refractivity contribution in [2.75, 3.05) is 5.32 Å². The van der Waals surface area contributed by atoms with Gasteiger partial charge in [0.05, 0.1) is 15.9 Å². The van der Waals surface area contributed by atoms with Crippen LogP contribution in [-0.4, -0.2) is 30.1 Å². The van der Waals surface area contributed by atoms with Crippen LogP contribution in [-0.2, 0) is 0 Å². The number of para-hydroxylation sites is 1. The summed E-state index contributed by atoms with van der Waals surface area (Å²) in [5.41, 5.74) is 1.78. The normalized spacial score (nSPS) is 11.1. The zero-order valence-electron chi connectivity index (χ0n) is 14.3. The molecule has 0 saturated carbocycles. The van der Waals surface area contributed by atoms with Gasteiger partial charge in [0.2, 0.25) is 0 Å². The van der Waals surface area contributed by atoms with Crippen molar-refractivity contribution < 1.29 is 4.79 Å². The Labute approximate surface area is 161 Å². The molecular weight excluding hydrogens is 376 g/mol. The molecule has 0 spiro atoms. The third-order valence-electron chi connectivity index (χ3n) is 4.20. The average molecular weight is 388 g/mol. The number of carbonyl (C=O) groups is 1. The molecule has 5 rings (SSSR count). The summed E-state index contributed by atoms with van der Waals surface area (Å²) in [7, 11) is 0. The molecule has 0 radical (unpaired) electrons. The number of rotatable bonds is 3. The number of anilines is 1. The number of nitrogens with zero attached hydrogens (tertiary/aromatic N) is 5. The Morgan fingerprint density at radius 1 is 1.04 bits per heavy atom. The summed E-state index contributed by atoms with van der Waals surface area (Å²) >= 11 is 1.39. The van der Waals surface area contributed by atoms with Crippen molar-refractivity contribution in [1.82, 2.24) is 24.1 Å². The second kappa shape index (κ2) is 6.39. The molecule has 9 heteroatoms. The van der Waals surface area contributed by atoms with Crippen LogP contribution in [0.2, 0.25) is 0 Å². The van der Waals surface area contributed by atoms with Crippen molar-refractivity contribution in [1.29, 1.82) is 0 Å². The van der Waals surface area contributed by atoms with E-state index >= 15 is 0 Å². The van der Waals surface area contributed by atoms with Crippen molar-refractivity contribution in [2.24, 2.45) is 0 Å². The molecule has 28 heavy (non-hydrogen) atoms. The van der Waals surface area contributed by atoms with E-state index in [-0.39, 0.29) is 17.2 Å². The first-order chi connectivity index (χ1) is 13.7. The van der Waals surface area contributed by atoms with E-state index in [1.54, 1.807) is 30.6 Å². The van der Waals surface area contributed by atoms with Gasteiger partial charge in [0, 0.05) is 30.7 Å². The summed E-state index contributed by atoms with van der Waals surface area (Å²) in [5, 5.41) is 3.31. The molecule has 0 saturated heterocycles. The lowest BCUT2D eigenvalue weighted by Gasteiger charge is -2.10. The van der Waals surface area contributed by atoms with Gasteiger partial charge in [0.1, 0.15) is 5.69 Å². The summed E-state index contributed by atoms with van der Waals surface area (Å²) in [6.07, 6.45) is 4.61. The number of thiazole rings is 1. The Balaban J connectivity index is 1.64. The molecule has 136 valence electrons. The second-order valence-electron chi connectivity index (χ2n) is 5.94. The lowest BCUT2D eigenvalue weighted by atomic mass is 10.3. The summed E-state index contributed by atoms with van der Waals surface area (Å²) in [4.78, 5) is 38.1. The largest absolute Gasteiger partial charge is 0.296 e. The number of amides is 1. The van der Waals surface area contributed by atoms with Crippen LogP contribution >= 0.6 is 11.3 Å². The molecule has 0 aliphatic heterocycles. The van der Waals surface area contributed by atoms with Crippen molar-refractivity contribution in [2.45, 2.75) is 0 Å². The minimum Gasteiger partial charge on any atom is -0.296 e. The van der Waals surface area contributed by atoms with Crippen LogP contribution in [0.1, 0.15) is 10.5 Å². The molecule has 0 aliphatic rings. The van der Waals surface area contributed by atoms with Crippen molar-refractivity contribution in [3.8, 4) is 5.69 Å². The molecule has 0 aliphatic carbocycles. The quantitative estimate of drug-likeness (QED) is 0.513. The molecule has 4 heterocycles. The number of fused-ring (bicyclic) bond motifs is 2. The summed E-state index contributed by atoms with van der Waals surface area (Å²) < 4.78 is 3.85. The van der Waals surface area contributed by atoms with Crippen LogP contribution < -0.4 is 10.9 Å². The van der Waals surface area contributed by atoms with Crippen LogP contribution in [0.4, 0.5) is 5.13 Å². The third-order valence-corrected chi connectivity index (χ3v) is 5.15. The van der Waals surface area contributed by atoms with Gasteiger partial charge in [-0.2, -0.15) is 4.52 Å². The highest BCUT2D eigenvalue weighted by Gasteiger charge is 2.20. The molecule has 1 aromatic carbocycles. The number of nitrogens with one attached hydrogen (secondary N) is 1. The lowest BCUT2D eigenvalue weighted by molar-refractivity contribution is 0.101. The minimum absolute atomic E-state index is 0.265. The molecule has 8 nitrogen and oxygen atoms in total. The number of carbonyl (C=O) groups excluding carboxylic acids is 1. The number of hydrogen-bond donors (Lipinski definition) is 1. The Hall–Kier alpha value is -3.85. The first-order valence-corrected chi connectivity index (χ1v) is 9.19. The minimum atomic E-state index is -0.388. The van der Waals surface area contributed by atoms with E-state index in [0.29, 0.717) is 16.5 Å². The number of benzene rings is 1. The molecule has 0 unspecified atom stereocenters. The molecule has 0 fully saturated rings. The maximum atomic E-state index is 13.0. The van der Waals surface area contributed by atoms with Crippen LogP contribution in [0.15, 0.2) is 71.9 Å². The summed E-state index contributed by atoms with van der Waals surface area (Å²) in [6, 6.07) is 14.0. The fourth-order valence-electron chi connectivity index (χ4n) is 2.99. The van der Waals surface area contributed by atoms with Crippen LogP contribution in [0.25, 0.3) is 21.6 Å². The van der Waals surface area contributed by atoms with E-state index in [1.807, 2.05) is 24.3 Å². The van der Waals surface area contributed by atoms with Gasteiger partial charge in [-0.05, 0) is 24.3 Å². The van der Waals surface area contributed by atoms with Gasteiger partial charge < -0.3 is 0 Å². The Morgan fingerprint density at radius 2 is 1.86 bits per heavy atom. The van der Waals surface area contributed by atoms with Gasteiger partial charge in [-0.3, -0.25) is 19.9 Å². The predicted molar refractivity (Wildman–Crippen MR) is 106 cm³/mol. The Morgan fingerprint density at radius 3 is 2.68 bits per heavy atom. The monoisotopic (exact) mass is 388 g/mol. The van der Waals surface area contributed by atoms with Gasteiger partial charge in [-0.25, -0.2) is 14.6 Å². The van der Waals surface area contributed by atoms with E-state index in [0.717, 1.165) is 10.2 Å². The van der Waals surface area contributed by atoms with E-state index in [1.165, 1.54) is 32.8 Å². The van der Waals surface area contributed by atoms with Crippen LogP contribution in [0, 0.1) is 0 Å². The van der Waals surface area contributed by atoms with Crippen molar-refractivity contribution in [3.05, 3.63) is 83.2 Å². The zero-order chi connectivity index (χ0) is 19.1. The number of aromatic nitrogens is 5. The molecule has 0 bridgehead atoms. The highest BCUT2D eigenvalue weighted by atomic mass is 32.1.